The summed E-state index contributed by atoms with van der Waals surface area (Å²) in [5.74, 6) is -0.0265. The molecule has 1 saturated heterocycles. The van der Waals surface area contributed by atoms with Crippen molar-refractivity contribution in [3.8, 4) is 5.69 Å². The number of hydrogen-bond acceptors (Lipinski definition) is 3. The lowest BCUT2D eigenvalue weighted by Crippen LogP contribution is -2.35. The first-order valence-corrected chi connectivity index (χ1v) is 9.44. The van der Waals surface area contributed by atoms with Crippen LogP contribution in [0, 0.1) is 13.8 Å². The maximum Gasteiger partial charge on any atom is 0.251 e. The number of aryl methyl sites for hydroxylation is 2. The fraction of sp³-hybridized carbons (Fsp3) is 0.353. The van der Waals surface area contributed by atoms with Crippen molar-refractivity contribution < 1.29 is 13.2 Å². The van der Waals surface area contributed by atoms with Gasteiger partial charge in [0.05, 0.1) is 11.5 Å². The Labute approximate surface area is 136 Å². The molecule has 1 fully saturated rings. The van der Waals surface area contributed by atoms with Gasteiger partial charge in [0.25, 0.3) is 5.91 Å². The highest BCUT2D eigenvalue weighted by atomic mass is 32.2. The number of benzene rings is 1. The molecule has 0 saturated carbocycles. The van der Waals surface area contributed by atoms with Gasteiger partial charge in [0.2, 0.25) is 0 Å². The number of nitrogens with zero attached hydrogens (tertiary/aromatic N) is 1. The summed E-state index contributed by atoms with van der Waals surface area (Å²) in [4.78, 5) is 12.2. The molecule has 1 atom stereocenters. The third-order valence-corrected chi connectivity index (χ3v) is 5.99. The Balaban J connectivity index is 1.74. The molecule has 0 bridgehead atoms. The Morgan fingerprint density at radius 1 is 1.09 bits per heavy atom. The zero-order valence-electron chi connectivity index (χ0n) is 13.2. The second-order valence-corrected chi connectivity index (χ2v) is 8.30. The Hall–Kier alpha value is -2.08. The van der Waals surface area contributed by atoms with Gasteiger partial charge in [-0.15, -0.1) is 0 Å². The van der Waals surface area contributed by atoms with E-state index >= 15 is 0 Å². The van der Waals surface area contributed by atoms with Crippen LogP contribution in [0.4, 0.5) is 0 Å². The van der Waals surface area contributed by atoms with Crippen LogP contribution in [-0.4, -0.2) is 36.4 Å². The Morgan fingerprint density at radius 2 is 1.70 bits per heavy atom. The summed E-state index contributed by atoms with van der Waals surface area (Å²) in [5, 5.41) is 2.80. The SMILES string of the molecule is Cc1ccc(C)n1-c1ccc(C(=O)NC2CCS(=O)(=O)C2)cc1. The van der Waals surface area contributed by atoms with Gasteiger partial charge in [0.15, 0.2) is 9.84 Å². The van der Waals surface area contributed by atoms with Crippen molar-refractivity contribution in [3.05, 3.63) is 53.3 Å². The first-order chi connectivity index (χ1) is 10.9. The summed E-state index contributed by atoms with van der Waals surface area (Å²) in [6.07, 6.45) is 0.494. The standard InChI is InChI=1S/C17H20N2O3S/c1-12-3-4-13(2)19(12)16-7-5-14(6-8-16)17(20)18-15-9-10-23(21,22)11-15/h3-8,15H,9-11H2,1-2H3,(H,18,20). The number of rotatable bonds is 3. The van der Waals surface area contributed by atoms with Gasteiger partial charge in [0, 0.05) is 28.7 Å². The third-order valence-electron chi connectivity index (χ3n) is 4.23. The van der Waals surface area contributed by atoms with Crippen molar-refractivity contribution in [2.45, 2.75) is 26.3 Å². The number of carbonyl (C=O) groups excluding carboxylic acids is 1. The van der Waals surface area contributed by atoms with Crippen molar-refractivity contribution in [2.24, 2.45) is 0 Å². The van der Waals surface area contributed by atoms with Crippen molar-refractivity contribution in [1.29, 1.82) is 0 Å². The average molecular weight is 332 g/mol. The maximum absolute atomic E-state index is 12.2. The number of amides is 1. The van der Waals surface area contributed by atoms with Crippen LogP contribution in [0.3, 0.4) is 0 Å². The largest absolute Gasteiger partial charge is 0.348 e. The van der Waals surface area contributed by atoms with Gasteiger partial charge >= 0.3 is 0 Å². The Kier molecular flexibility index (Phi) is 4.02. The van der Waals surface area contributed by atoms with Gasteiger partial charge in [-0.1, -0.05) is 0 Å². The molecule has 1 amide bonds. The molecule has 6 heteroatoms. The van der Waals surface area contributed by atoms with Crippen LogP contribution in [-0.2, 0) is 9.84 Å². The van der Waals surface area contributed by atoms with Crippen LogP contribution >= 0.6 is 0 Å². The van der Waals surface area contributed by atoms with Crippen LogP contribution in [0.15, 0.2) is 36.4 Å². The predicted octanol–water partition coefficient (Wildman–Crippen LogP) is 2.01. The lowest BCUT2D eigenvalue weighted by molar-refractivity contribution is 0.0941. The minimum absolute atomic E-state index is 0.0403. The fourth-order valence-electron chi connectivity index (χ4n) is 3.02. The molecule has 122 valence electrons. The highest BCUT2D eigenvalue weighted by molar-refractivity contribution is 7.91. The quantitative estimate of drug-likeness (QED) is 0.935. The highest BCUT2D eigenvalue weighted by Gasteiger charge is 2.29. The Morgan fingerprint density at radius 3 is 2.22 bits per heavy atom. The average Bonchev–Trinajstić information content (AvgIpc) is 3.01. The number of sulfone groups is 1. The molecule has 1 unspecified atom stereocenters. The molecule has 1 aliphatic heterocycles. The summed E-state index contributed by atoms with van der Waals surface area (Å²) in [6, 6.07) is 11.2. The van der Waals surface area contributed by atoms with Gasteiger partial charge in [-0.05, 0) is 56.7 Å². The predicted molar refractivity (Wildman–Crippen MR) is 89.8 cm³/mol. The summed E-state index contributed by atoms with van der Waals surface area (Å²) in [5.41, 5.74) is 3.82. The van der Waals surface area contributed by atoms with Gasteiger partial charge in [-0.2, -0.15) is 0 Å². The van der Waals surface area contributed by atoms with E-state index in [4.69, 9.17) is 0 Å². The van der Waals surface area contributed by atoms with E-state index in [0.29, 0.717) is 12.0 Å². The third kappa shape index (κ3) is 3.32. The van der Waals surface area contributed by atoms with Crippen LogP contribution in [0.1, 0.15) is 28.2 Å². The molecule has 3 rings (SSSR count). The first-order valence-electron chi connectivity index (χ1n) is 7.62. The minimum Gasteiger partial charge on any atom is -0.348 e. The molecule has 1 aromatic heterocycles. The number of aromatic nitrogens is 1. The van der Waals surface area contributed by atoms with Crippen LogP contribution < -0.4 is 5.32 Å². The number of hydrogen-bond donors (Lipinski definition) is 1. The second kappa shape index (κ2) is 5.85. The van der Waals surface area contributed by atoms with E-state index < -0.39 is 9.84 Å². The minimum atomic E-state index is -2.99. The van der Waals surface area contributed by atoms with Gasteiger partial charge in [0.1, 0.15) is 0 Å². The van der Waals surface area contributed by atoms with Crippen LogP contribution in [0.2, 0.25) is 0 Å². The van der Waals surface area contributed by atoms with Crippen molar-refractivity contribution >= 4 is 15.7 Å². The lowest BCUT2D eigenvalue weighted by Gasteiger charge is -2.12. The first kappa shape index (κ1) is 15.8. The maximum atomic E-state index is 12.2. The summed E-state index contributed by atoms with van der Waals surface area (Å²) in [7, 11) is -2.99. The molecule has 5 nitrogen and oxygen atoms in total. The molecule has 0 radical (unpaired) electrons. The zero-order chi connectivity index (χ0) is 16.6. The van der Waals surface area contributed by atoms with E-state index in [1.165, 1.54) is 0 Å². The molecule has 0 spiro atoms. The molecule has 23 heavy (non-hydrogen) atoms. The second-order valence-electron chi connectivity index (χ2n) is 6.07. The summed E-state index contributed by atoms with van der Waals surface area (Å²) in [6.45, 7) is 4.07. The van der Waals surface area contributed by atoms with Crippen LogP contribution in [0.5, 0.6) is 0 Å². The fourth-order valence-corrected chi connectivity index (χ4v) is 4.69. The normalized spacial score (nSPS) is 19.7. The summed E-state index contributed by atoms with van der Waals surface area (Å²) < 4.78 is 25.0. The van der Waals surface area contributed by atoms with Gasteiger partial charge < -0.3 is 9.88 Å². The molecular weight excluding hydrogens is 312 g/mol. The summed E-state index contributed by atoms with van der Waals surface area (Å²) >= 11 is 0. The van der Waals surface area contributed by atoms with E-state index in [1.807, 2.05) is 26.0 Å². The smallest absolute Gasteiger partial charge is 0.251 e. The van der Waals surface area contributed by atoms with Gasteiger partial charge in [-0.3, -0.25) is 4.79 Å². The Bertz CT molecular complexity index is 816. The molecule has 1 aromatic carbocycles. The van der Waals surface area contributed by atoms with E-state index in [2.05, 4.69) is 22.0 Å². The molecular formula is C17H20N2O3S. The van der Waals surface area contributed by atoms with Crippen molar-refractivity contribution in [2.75, 3.05) is 11.5 Å². The van der Waals surface area contributed by atoms with E-state index in [9.17, 15) is 13.2 Å². The van der Waals surface area contributed by atoms with Gasteiger partial charge in [-0.25, -0.2) is 8.42 Å². The highest BCUT2D eigenvalue weighted by Crippen LogP contribution is 2.17. The topological polar surface area (TPSA) is 68.2 Å². The molecule has 2 aromatic rings. The molecule has 2 heterocycles. The number of carbonyl (C=O) groups is 1. The lowest BCUT2D eigenvalue weighted by atomic mass is 10.1. The molecule has 0 aliphatic carbocycles. The van der Waals surface area contributed by atoms with E-state index in [0.717, 1.165) is 17.1 Å². The van der Waals surface area contributed by atoms with Crippen molar-refractivity contribution in [1.82, 2.24) is 9.88 Å². The van der Waals surface area contributed by atoms with Crippen LogP contribution in [0.25, 0.3) is 5.69 Å². The van der Waals surface area contributed by atoms with Crippen molar-refractivity contribution in [3.63, 3.8) is 0 Å². The zero-order valence-corrected chi connectivity index (χ0v) is 14.1. The van der Waals surface area contributed by atoms with E-state index in [-0.39, 0.29) is 23.5 Å². The molecule has 1 N–H and O–H groups in total. The number of nitrogens with one attached hydrogen (secondary N) is 1. The monoisotopic (exact) mass is 332 g/mol. The van der Waals surface area contributed by atoms with E-state index in [1.54, 1.807) is 12.1 Å². The molecule has 1 aliphatic rings.